The average Bonchev–Trinajstić information content (AvgIpc) is 3.13. The van der Waals surface area contributed by atoms with Gasteiger partial charge in [-0.1, -0.05) is 74.0 Å². The van der Waals surface area contributed by atoms with Crippen molar-refractivity contribution < 1.29 is 30.5 Å². The first-order valence-corrected chi connectivity index (χ1v) is 21.0. The molecular weight excluding hydrogens is 728 g/mol. The largest absolute Gasteiger partial charge is 0.341 e. The molecule has 1 aliphatic heterocycles. The van der Waals surface area contributed by atoms with Gasteiger partial charge in [0.2, 0.25) is 11.2 Å². The van der Waals surface area contributed by atoms with Gasteiger partial charge in [-0.2, -0.15) is 21.4 Å². The van der Waals surface area contributed by atoms with Crippen molar-refractivity contribution in [2.45, 2.75) is 62.3 Å². The Hall–Kier alpha value is -4.58. The first-order chi connectivity index (χ1) is 25.4. The molecule has 0 unspecified atom stereocenters. The summed E-state index contributed by atoms with van der Waals surface area (Å²) in [5, 5.41) is 4.12. The van der Waals surface area contributed by atoms with E-state index in [0.29, 0.717) is 10.8 Å². The van der Waals surface area contributed by atoms with E-state index >= 15 is 0 Å². The van der Waals surface area contributed by atoms with E-state index in [1.54, 1.807) is 24.3 Å². The number of aryl methyl sites for hydroxylation is 1. The van der Waals surface area contributed by atoms with Gasteiger partial charge in [0.15, 0.2) is 0 Å². The van der Waals surface area contributed by atoms with Crippen molar-refractivity contribution in [1.82, 2.24) is 0 Å². The molecule has 0 radical (unpaired) electrons. The van der Waals surface area contributed by atoms with Gasteiger partial charge in [0, 0.05) is 63.9 Å². The molecule has 272 valence electrons. The number of pyridine rings is 1. The minimum atomic E-state index is -4.37. The highest BCUT2D eigenvalue weighted by molar-refractivity contribution is 7.86. The predicted octanol–water partition coefficient (Wildman–Crippen LogP) is 9.78. The van der Waals surface area contributed by atoms with Crippen LogP contribution in [-0.4, -0.2) is 32.5 Å². The van der Waals surface area contributed by atoms with Crippen LogP contribution in [-0.2, 0) is 26.8 Å². The fraction of sp³-hybridized carbons (Fsp3) is 0.214. The molecule has 2 N–H and O–H groups in total. The van der Waals surface area contributed by atoms with Crippen LogP contribution >= 0.6 is 11.6 Å². The number of halogens is 1. The lowest BCUT2D eigenvalue weighted by Crippen LogP contribution is -2.37. The smallest absolute Gasteiger partial charge is 0.295 e. The number of rotatable bonds is 9. The van der Waals surface area contributed by atoms with Crippen LogP contribution in [0.4, 0.5) is 5.69 Å². The predicted molar refractivity (Wildman–Crippen MR) is 214 cm³/mol. The van der Waals surface area contributed by atoms with E-state index in [4.69, 9.17) is 11.6 Å². The third-order valence-electron chi connectivity index (χ3n) is 9.94. The Morgan fingerprint density at radius 2 is 1.42 bits per heavy atom. The summed E-state index contributed by atoms with van der Waals surface area (Å²) in [5.41, 5.74) is 6.94. The first-order valence-electron chi connectivity index (χ1n) is 17.7. The highest BCUT2D eigenvalue weighted by atomic mass is 35.5. The fourth-order valence-electron chi connectivity index (χ4n) is 7.57. The van der Waals surface area contributed by atoms with E-state index < -0.39 is 20.2 Å². The van der Waals surface area contributed by atoms with Gasteiger partial charge in [0.05, 0.1) is 5.39 Å². The number of anilines is 1. The van der Waals surface area contributed by atoms with Crippen LogP contribution in [0.3, 0.4) is 0 Å². The zero-order chi connectivity index (χ0) is 37.5. The molecule has 1 aromatic heterocycles. The van der Waals surface area contributed by atoms with Crippen molar-refractivity contribution in [1.29, 1.82) is 0 Å². The van der Waals surface area contributed by atoms with Crippen LogP contribution in [0.5, 0.6) is 0 Å². The van der Waals surface area contributed by atoms with Crippen molar-refractivity contribution in [3.05, 3.63) is 130 Å². The van der Waals surface area contributed by atoms with Gasteiger partial charge >= 0.3 is 0 Å². The Balaban J connectivity index is 1.22. The van der Waals surface area contributed by atoms with Crippen LogP contribution in [0.1, 0.15) is 57.2 Å². The molecular formula is C42H40ClN2O6S2+. The van der Waals surface area contributed by atoms with Crippen molar-refractivity contribution in [2.75, 3.05) is 11.4 Å². The summed E-state index contributed by atoms with van der Waals surface area (Å²) in [7, 11) is -8.74. The molecule has 2 heterocycles. The van der Waals surface area contributed by atoms with E-state index in [-0.39, 0.29) is 9.79 Å². The van der Waals surface area contributed by atoms with Crippen LogP contribution in [0, 0.1) is 0 Å². The average molecular weight is 768 g/mol. The van der Waals surface area contributed by atoms with Crippen LogP contribution in [0.15, 0.2) is 129 Å². The molecule has 8 nitrogen and oxygen atoms in total. The van der Waals surface area contributed by atoms with E-state index in [1.807, 2.05) is 48.6 Å². The maximum atomic E-state index is 12.1. The quantitative estimate of drug-likeness (QED) is 0.0872. The lowest BCUT2D eigenvalue weighted by molar-refractivity contribution is -0.673. The summed E-state index contributed by atoms with van der Waals surface area (Å²) >= 11 is 7.09. The lowest BCUT2D eigenvalue weighted by atomic mass is 9.93. The molecule has 0 amide bonds. The summed E-state index contributed by atoms with van der Waals surface area (Å²) in [4.78, 5) is 2.02. The molecule has 0 spiro atoms. The van der Waals surface area contributed by atoms with E-state index in [1.165, 1.54) is 12.1 Å². The summed E-state index contributed by atoms with van der Waals surface area (Å²) in [6.07, 6.45) is 16.9. The van der Waals surface area contributed by atoms with Crippen LogP contribution in [0.25, 0.3) is 44.6 Å². The molecule has 0 saturated carbocycles. The Kier molecular flexibility index (Phi) is 10.2. The SMILES string of the molecule is CCCN1/C(=C/C=C2\CCCC(/C=C/c3ccc4c5cccc(S(=O)(=O)O)c5ccc4[n+]3CCC)=C2Cl)C=Cc2c1ccc1c(S(=O)(=O)O)cccc21. The number of hydrogen-bond donors (Lipinski definition) is 2. The van der Waals surface area contributed by atoms with E-state index in [0.717, 1.165) is 106 Å². The Morgan fingerprint density at radius 3 is 2.11 bits per heavy atom. The minimum absolute atomic E-state index is 0.103. The number of fused-ring (bicyclic) bond motifs is 6. The monoisotopic (exact) mass is 767 g/mol. The molecule has 4 aromatic carbocycles. The van der Waals surface area contributed by atoms with Gasteiger partial charge < -0.3 is 4.90 Å². The normalized spacial score (nSPS) is 17.0. The van der Waals surface area contributed by atoms with Crippen molar-refractivity contribution >= 4 is 82.1 Å². The molecule has 7 rings (SSSR count). The zero-order valence-electron chi connectivity index (χ0n) is 29.5. The number of nitrogens with zero attached hydrogens (tertiary/aromatic N) is 2. The lowest BCUT2D eigenvalue weighted by Gasteiger charge is -2.31. The highest BCUT2D eigenvalue weighted by Crippen LogP contribution is 2.39. The molecule has 1 aliphatic carbocycles. The number of hydrogen-bond acceptors (Lipinski definition) is 5. The van der Waals surface area contributed by atoms with Crippen molar-refractivity contribution in [3.8, 4) is 0 Å². The summed E-state index contributed by atoms with van der Waals surface area (Å²) in [6.45, 7) is 5.75. The minimum Gasteiger partial charge on any atom is -0.341 e. The topological polar surface area (TPSA) is 116 Å². The Labute approximate surface area is 315 Å². The number of benzene rings is 4. The molecule has 5 aromatic rings. The Bertz CT molecular complexity index is 2690. The molecule has 0 bridgehead atoms. The fourth-order valence-corrected chi connectivity index (χ4v) is 9.29. The highest BCUT2D eigenvalue weighted by Gasteiger charge is 2.23. The second-order valence-electron chi connectivity index (χ2n) is 13.4. The molecule has 53 heavy (non-hydrogen) atoms. The van der Waals surface area contributed by atoms with E-state index in [9.17, 15) is 25.9 Å². The third kappa shape index (κ3) is 7.10. The van der Waals surface area contributed by atoms with Crippen LogP contribution < -0.4 is 9.47 Å². The van der Waals surface area contributed by atoms with Gasteiger partial charge in [-0.25, -0.2) is 0 Å². The van der Waals surface area contributed by atoms with Gasteiger partial charge in [0.25, 0.3) is 20.2 Å². The van der Waals surface area contributed by atoms with Crippen LogP contribution in [0.2, 0.25) is 0 Å². The van der Waals surface area contributed by atoms with Gasteiger partial charge in [0.1, 0.15) is 16.3 Å². The zero-order valence-corrected chi connectivity index (χ0v) is 31.8. The summed E-state index contributed by atoms with van der Waals surface area (Å²) in [5.74, 6) is 0. The molecule has 0 saturated heterocycles. The van der Waals surface area contributed by atoms with Gasteiger partial charge in [-0.05, 0) is 90.1 Å². The second kappa shape index (κ2) is 14.7. The van der Waals surface area contributed by atoms with Gasteiger partial charge in [-0.15, -0.1) is 0 Å². The maximum absolute atomic E-state index is 12.1. The Morgan fingerprint density at radius 1 is 0.736 bits per heavy atom. The van der Waals surface area contributed by atoms with E-state index in [2.05, 4.69) is 47.6 Å². The molecule has 0 fully saturated rings. The van der Waals surface area contributed by atoms with Crippen molar-refractivity contribution in [3.63, 3.8) is 0 Å². The summed E-state index contributed by atoms with van der Waals surface area (Å²) < 4.78 is 70.1. The standard InChI is InChI=1S/C42H39ClN2O6S2/c1-3-26-44-30(18-20-34-32-10-6-12-40(52(46,47)48)36(32)22-24-38(34)44)16-14-28-8-5-9-29(42(28)43)15-17-31-19-21-35-33-11-7-13-41(53(49,50)51)37(33)23-25-39(35)45(31)27-4-2/h6-7,10-25H,3-5,8-9,26-27H2,1-2H3,(H-,46,47,48,49,50,51)/p+1. The first kappa shape index (κ1) is 36.8. The maximum Gasteiger partial charge on any atom is 0.295 e. The third-order valence-corrected chi connectivity index (χ3v) is 12.3. The number of allylic oxidation sites excluding steroid dienone is 7. The second-order valence-corrected chi connectivity index (χ2v) is 16.5. The van der Waals surface area contributed by atoms with Gasteiger partial charge in [-0.3, -0.25) is 9.11 Å². The molecule has 2 aliphatic rings. The van der Waals surface area contributed by atoms with Crippen molar-refractivity contribution in [2.24, 2.45) is 0 Å². The molecule has 0 atom stereocenters. The number of aromatic nitrogens is 1. The molecule has 11 heteroatoms. The summed E-state index contributed by atoms with van der Waals surface area (Å²) in [6, 6.07) is 21.3.